The zero-order valence-corrected chi connectivity index (χ0v) is 18.8. The van der Waals surface area contributed by atoms with Crippen LogP contribution in [0, 0.1) is 35.5 Å². The maximum absolute atomic E-state index is 12.8. The van der Waals surface area contributed by atoms with Crippen LogP contribution in [0.25, 0.3) is 0 Å². The molecule has 6 heteroatoms. The summed E-state index contributed by atoms with van der Waals surface area (Å²) in [5.41, 5.74) is 1.13. The van der Waals surface area contributed by atoms with Gasteiger partial charge >= 0.3 is 0 Å². The standard InChI is InChI=1S/C23H33N3O2S/c1-7-11-24-22-25-19-15(4)18-20(27)16(14(3)21(28)26(6)12-8-2)9-10-23(18,5)13-17(19)29-22/h2,7,14-16,18,20,27H,1,9-13H2,3-6H3,(H,24,25)/t14-,15+,16+,18+,20-,23+/m0/s1. The number of anilines is 1. The summed E-state index contributed by atoms with van der Waals surface area (Å²) in [4.78, 5) is 20.5. The fraction of sp³-hybridized carbons (Fsp3) is 0.652. The van der Waals surface area contributed by atoms with Crippen LogP contribution in [-0.4, -0.2) is 47.1 Å². The molecular weight excluding hydrogens is 382 g/mol. The van der Waals surface area contributed by atoms with Gasteiger partial charge in [0.15, 0.2) is 5.13 Å². The molecule has 1 amide bonds. The van der Waals surface area contributed by atoms with Crippen LogP contribution in [0.1, 0.15) is 50.1 Å². The minimum Gasteiger partial charge on any atom is -0.392 e. The van der Waals surface area contributed by atoms with Gasteiger partial charge in [0, 0.05) is 30.3 Å². The average molecular weight is 416 g/mol. The minimum absolute atomic E-state index is 0.0179. The number of rotatable bonds is 6. The zero-order chi connectivity index (χ0) is 21.3. The molecule has 0 spiro atoms. The van der Waals surface area contributed by atoms with E-state index >= 15 is 0 Å². The van der Waals surface area contributed by atoms with E-state index in [1.807, 2.05) is 13.0 Å². The number of nitrogens with zero attached hydrogens (tertiary/aromatic N) is 2. The SMILES string of the molecule is C#CCN(C)C(=O)[C@@H](C)[C@H]1CC[C@]2(C)Cc3sc(NCC=C)nc3[C@H](C)[C@@H]2[C@H]1O. The largest absolute Gasteiger partial charge is 0.392 e. The van der Waals surface area contributed by atoms with E-state index in [0.29, 0.717) is 13.1 Å². The monoisotopic (exact) mass is 415 g/mol. The molecule has 2 N–H and O–H groups in total. The highest BCUT2D eigenvalue weighted by Gasteiger charge is 2.54. The highest BCUT2D eigenvalue weighted by molar-refractivity contribution is 7.15. The summed E-state index contributed by atoms with van der Waals surface area (Å²) in [6, 6.07) is 0. The number of aliphatic hydroxyl groups excluding tert-OH is 1. The normalized spacial score (nSPS) is 31.7. The van der Waals surface area contributed by atoms with Gasteiger partial charge in [0.05, 0.1) is 18.3 Å². The molecule has 0 aliphatic heterocycles. The number of aromatic nitrogens is 1. The van der Waals surface area contributed by atoms with E-state index in [-0.39, 0.29) is 35.0 Å². The predicted molar refractivity (Wildman–Crippen MR) is 119 cm³/mol. The Bertz CT molecular complexity index is 814. The Labute approximate surface area is 178 Å². The molecule has 1 heterocycles. The molecule has 5 nitrogen and oxygen atoms in total. The Morgan fingerprint density at radius 2 is 2.34 bits per heavy atom. The molecule has 1 saturated carbocycles. The minimum atomic E-state index is -0.527. The first-order chi connectivity index (χ1) is 13.7. The van der Waals surface area contributed by atoms with E-state index < -0.39 is 6.10 Å². The molecule has 1 aromatic heterocycles. The first kappa shape index (κ1) is 21.9. The molecule has 3 rings (SSSR count). The van der Waals surface area contributed by atoms with Gasteiger partial charge in [0.2, 0.25) is 5.91 Å². The second-order valence-electron chi connectivity index (χ2n) is 9.02. The highest BCUT2D eigenvalue weighted by atomic mass is 32.1. The van der Waals surface area contributed by atoms with Crippen molar-refractivity contribution < 1.29 is 9.90 Å². The molecule has 2 aliphatic rings. The van der Waals surface area contributed by atoms with Gasteiger partial charge in [0.1, 0.15) is 0 Å². The molecule has 0 saturated heterocycles. The van der Waals surface area contributed by atoms with Gasteiger partial charge in [-0.25, -0.2) is 4.98 Å². The van der Waals surface area contributed by atoms with Crippen LogP contribution in [0.15, 0.2) is 12.7 Å². The maximum Gasteiger partial charge on any atom is 0.226 e. The first-order valence-electron chi connectivity index (χ1n) is 10.4. The van der Waals surface area contributed by atoms with Crippen LogP contribution in [0.2, 0.25) is 0 Å². The number of amides is 1. The van der Waals surface area contributed by atoms with Crippen molar-refractivity contribution in [2.45, 2.75) is 52.1 Å². The van der Waals surface area contributed by atoms with Crippen LogP contribution in [0.4, 0.5) is 5.13 Å². The van der Waals surface area contributed by atoms with Crippen LogP contribution in [0.5, 0.6) is 0 Å². The van der Waals surface area contributed by atoms with Gasteiger partial charge in [-0.05, 0) is 36.5 Å². The lowest BCUT2D eigenvalue weighted by molar-refractivity contribution is -0.142. The number of hydrogen-bond donors (Lipinski definition) is 2. The van der Waals surface area contributed by atoms with Crippen molar-refractivity contribution in [2.24, 2.45) is 23.2 Å². The number of nitrogens with one attached hydrogen (secondary N) is 1. The number of fused-ring (bicyclic) bond motifs is 2. The zero-order valence-electron chi connectivity index (χ0n) is 17.9. The van der Waals surface area contributed by atoms with Crippen molar-refractivity contribution in [3.05, 3.63) is 23.2 Å². The number of carbonyl (C=O) groups excluding carboxylic acids is 1. The lowest BCUT2D eigenvalue weighted by atomic mass is 9.53. The lowest BCUT2D eigenvalue weighted by Crippen LogP contribution is -2.53. The van der Waals surface area contributed by atoms with Gasteiger partial charge in [-0.1, -0.05) is 32.8 Å². The third-order valence-corrected chi connectivity index (χ3v) is 8.08. The molecule has 1 aromatic rings. The Balaban J connectivity index is 1.84. The van der Waals surface area contributed by atoms with Crippen LogP contribution < -0.4 is 5.32 Å². The van der Waals surface area contributed by atoms with E-state index in [0.717, 1.165) is 30.1 Å². The summed E-state index contributed by atoms with van der Waals surface area (Å²) in [5, 5.41) is 15.7. The van der Waals surface area contributed by atoms with Gasteiger partial charge < -0.3 is 15.3 Å². The van der Waals surface area contributed by atoms with E-state index in [9.17, 15) is 9.90 Å². The number of terminal acetylenes is 1. The third-order valence-electron chi connectivity index (χ3n) is 7.06. The number of aliphatic hydroxyl groups is 1. The number of thiazole rings is 1. The van der Waals surface area contributed by atoms with Crippen molar-refractivity contribution in [3.63, 3.8) is 0 Å². The topological polar surface area (TPSA) is 65.5 Å². The second kappa shape index (κ2) is 8.49. The summed E-state index contributed by atoms with van der Waals surface area (Å²) < 4.78 is 0. The van der Waals surface area contributed by atoms with Gasteiger partial charge in [0.25, 0.3) is 0 Å². The second-order valence-corrected chi connectivity index (χ2v) is 10.1. The summed E-state index contributed by atoms with van der Waals surface area (Å²) in [5.74, 6) is 2.49. The fourth-order valence-electron chi connectivity index (χ4n) is 5.53. The molecule has 29 heavy (non-hydrogen) atoms. The smallest absolute Gasteiger partial charge is 0.226 e. The Morgan fingerprint density at radius 3 is 3.00 bits per heavy atom. The summed E-state index contributed by atoms with van der Waals surface area (Å²) in [6.45, 7) is 11.2. The first-order valence-corrected chi connectivity index (χ1v) is 11.3. The number of carbonyl (C=O) groups is 1. The predicted octanol–water partition coefficient (Wildman–Crippen LogP) is 3.52. The van der Waals surface area contributed by atoms with E-state index in [2.05, 4.69) is 31.7 Å². The molecule has 0 radical (unpaired) electrons. The van der Waals surface area contributed by atoms with E-state index in [4.69, 9.17) is 11.4 Å². The number of hydrogen-bond acceptors (Lipinski definition) is 5. The summed E-state index contributed by atoms with van der Waals surface area (Å²) in [6.07, 6.45) is 9.47. The molecule has 6 atom stereocenters. The van der Waals surface area contributed by atoms with E-state index in [1.54, 1.807) is 23.3 Å². The van der Waals surface area contributed by atoms with E-state index in [1.165, 1.54) is 4.88 Å². The Hall–Kier alpha value is -1.84. The molecule has 0 bridgehead atoms. The Kier molecular flexibility index (Phi) is 6.40. The third kappa shape index (κ3) is 3.95. The average Bonchev–Trinajstić information content (AvgIpc) is 3.08. The lowest BCUT2D eigenvalue weighted by Gasteiger charge is -2.53. The van der Waals surface area contributed by atoms with Crippen molar-refractivity contribution in [1.82, 2.24) is 9.88 Å². The molecule has 0 aromatic carbocycles. The molecule has 0 unspecified atom stereocenters. The van der Waals surface area contributed by atoms with Gasteiger partial charge in [-0.15, -0.1) is 24.3 Å². The van der Waals surface area contributed by atoms with Gasteiger partial charge in [-0.3, -0.25) is 4.79 Å². The fourth-order valence-corrected chi connectivity index (χ4v) is 6.80. The molecular formula is C23H33N3O2S. The van der Waals surface area contributed by atoms with Gasteiger partial charge in [-0.2, -0.15) is 0 Å². The summed E-state index contributed by atoms with van der Waals surface area (Å²) in [7, 11) is 1.74. The molecule has 1 fully saturated rings. The maximum atomic E-state index is 12.8. The van der Waals surface area contributed by atoms with Crippen molar-refractivity contribution in [2.75, 3.05) is 25.5 Å². The van der Waals surface area contributed by atoms with Crippen LogP contribution >= 0.6 is 11.3 Å². The quantitative estimate of drug-likeness (QED) is 0.551. The molecule has 158 valence electrons. The van der Waals surface area contributed by atoms with Crippen molar-refractivity contribution >= 4 is 22.4 Å². The molecule has 2 aliphatic carbocycles. The van der Waals surface area contributed by atoms with Crippen LogP contribution in [0.3, 0.4) is 0 Å². The van der Waals surface area contributed by atoms with Crippen LogP contribution in [-0.2, 0) is 11.2 Å². The van der Waals surface area contributed by atoms with Crippen molar-refractivity contribution in [3.8, 4) is 12.3 Å². The van der Waals surface area contributed by atoms with Crippen molar-refractivity contribution in [1.29, 1.82) is 0 Å². The summed E-state index contributed by atoms with van der Waals surface area (Å²) >= 11 is 1.72. The highest BCUT2D eigenvalue weighted by Crippen LogP contribution is 2.57. The Morgan fingerprint density at radius 1 is 1.62 bits per heavy atom.